The lowest BCUT2D eigenvalue weighted by molar-refractivity contribution is 0.305. The molecule has 0 saturated heterocycles. The second-order valence-electron chi connectivity index (χ2n) is 8.71. The fraction of sp³-hybridized carbons (Fsp3) is 0.0333. The van der Waals surface area contributed by atoms with Gasteiger partial charge in [0, 0.05) is 20.4 Å². The van der Waals surface area contributed by atoms with Crippen LogP contribution in [0.5, 0.6) is 5.75 Å². The number of hydrogen-bond acceptors (Lipinski definition) is 5. The van der Waals surface area contributed by atoms with Gasteiger partial charge in [0.05, 0.1) is 17.1 Å². The van der Waals surface area contributed by atoms with Crippen LogP contribution in [0.3, 0.4) is 0 Å². The molecule has 2 aromatic heterocycles. The third kappa shape index (κ3) is 5.21. The maximum absolute atomic E-state index is 13.6. The van der Waals surface area contributed by atoms with Gasteiger partial charge in [0.25, 0.3) is 5.56 Å². The molecule has 0 unspecified atom stereocenters. The zero-order valence-electron chi connectivity index (χ0n) is 20.1. The van der Waals surface area contributed by atoms with Crippen molar-refractivity contribution in [2.75, 3.05) is 0 Å². The van der Waals surface area contributed by atoms with Gasteiger partial charge in [0.2, 0.25) is 5.82 Å². The third-order valence-electron chi connectivity index (χ3n) is 6.02. The Hall–Kier alpha value is -4.27. The summed E-state index contributed by atoms with van der Waals surface area (Å²) in [7, 11) is 0. The number of halogens is 3. The van der Waals surface area contributed by atoms with E-state index in [9.17, 15) is 9.18 Å². The summed E-state index contributed by atoms with van der Waals surface area (Å²) in [5.41, 5.74) is 2.00. The Bertz CT molecular complexity index is 1950. The van der Waals surface area contributed by atoms with Crippen LogP contribution in [-0.2, 0) is 6.61 Å². The lowest BCUT2D eigenvalue weighted by Crippen LogP contribution is -2.20. The van der Waals surface area contributed by atoms with Gasteiger partial charge in [-0.15, -0.1) is 0 Å². The lowest BCUT2D eigenvalue weighted by atomic mass is 10.2. The highest BCUT2D eigenvalue weighted by Crippen LogP contribution is 2.29. The van der Waals surface area contributed by atoms with Crippen LogP contribution in [0.1, 0.15) is 11.1 Å². The molecule has 0 bridgehead atoms. The zero-order chi connectivity index (χ0) is 26.9. The van der Waals surface area contributed by atoms with E-state index in [1.165, 1.54) is 23.0 Å². The van der Waals surface area contributed by atoms with Crippen molar-refractivity contribution in [1.29, 1.82) is 0 Å². The molecular weight excluding hydrogens is 585 g/mol. The van der Waals surface area contributed by atoms with Crippen molar-refractivity contribution < 1.29 is 13.5 Å². The Balaban J connectivity index is 1.44. The number of nitrogens with zero attached hydrogens (tertiary/aromatic N) is 3. The molecule has 0 amide bonds. The van der Waals surface area contributed by atoms with Gasteiger partial charge in [-0.25, -0.2) is 9.37 Å². The highest BCUT2D eigenvalue weighted by atomic mass is 79.9. The van der Waals surface area contributed by atoms with E-state index in [-0.39, 0.29) is 23.8 Å². The van der Waals surface area contributed by atoms with Crippen molar-refractivity contribution in [2.45, 2.75) is 6.61 Å². The number of fused-ring (bicyclic) bond motifs is 2. The normalized spacial score (nSPS) is 11.6. The SMILES string of the molecule is O=c1c2ccccc2nc(-c2cc3cc(Br)ccc3o2)n1N=Cc1cc(Cl)ccc1OCc1cccc(F)c1. The van der Waals surface area contributed by atoms with Crippen LogP contribution < -0.4 is 10.3 Å². The van der Waals surface area contributed by atoms with E-state index >= 15 is 0 Å². The second-order valence-corrected chi connectivity index (χ2v) is 10.1. The summed E-state index contributed by atoms with van der Waals surface area (Å²) >= 11 is 9.74. The maximum Gasteiger partial charge on any atom is 0.282 e. The van der Waals surface area contributed by atoms with Gasteiger partial charge < -0.3 is 9.15 Å². The van der Waals surface area contributed by atoms with E-state index < -0.39 is 0 Å². The molecule has 2 heterocycles. The molecule has 39 heavy (non-hydrogen) atoms. The molecule has 9 heteroatoms. The number of benzene rings is 4. The molecule has 0 aliphatic rings. The van der Waals surface area contributed by atoms with E-state index in [2.05, 4.69) is 21.0 Å². The first kappa shape index (κ1) is 25.0. The van der Waals surface area contributed by atoms with Gasteiger partial charge >= 0.3 is 0 Å². The summed E-state index contributed by atoms with van der Waals surface area (Å²) in [6.45, 7) is 0.136. The summed E-state index contributed by atoms with van der Waals surface area (Å²) in [5.74, 6) is 0.746. The van der Waals surface area contributed by atoms with E-state index in [1.54, 1.807) is 48.5 Å². The standard InChI is InChI=1S/C30H18BrClFN3O3/c31-21-8-10-27-19(13-21)15-28(39-27)29-35-25-7-2-1-6-24(25)30(37)36(29)34-16-20-14-22(32)9-11-26(20)38-17-18-4-3-5-23(33)12-18/h1-16H,17H2. The molecule has 0 spiro atoms. The van der Waals surface area contributed by atoms with E-state index in [1.807, 2.05) is 30.3 Å². The number of furan rings is 1. The number of ether oxygens (including phenoxy) is 1. The molecular formula is C30H18BrClFN3O3. The number of hydrogen-bond donors (Lipinski definition) is 0. The highest BCUT2D eigenvalue weighted by molar-refractivity contribution is 9.10. The topological polar surface area (TPSA) is 69.6 Å². The largest absolute Gasteiger partial charge is 0.488 e. The first-order chi connectivity index (χ1) is 18.9. The molecule has 6 rings (SSSR count). The summed E-state index contributed by atoms with van der Waals surface area (Å²) in [6, 6.07) is 25.7. The van der Waals surface area contributed by atoms with E-state index in [0.29, 0.717) is 44.1 Å². The van der Waals surface area contributed by atoms with Gasteiger partial charge in [-0.1, -0.05) is 51.8 Å². The smallest absolute Gasteiger partial charge is 0.282 e. The van der Waals surface area contributed by atoms with Gasteiger partial charge in [-0.3, -0.25) is 4.79 Å². The van der Waals surface area contributed by atoms with Crippen molar-refractivity contribution >= 4 is 55.6 Å². The van der Waals surface area contributed by atoms with Crippen molar-refractivity contribution in [3.05, 3.63) is 128 Å². The fourth-order valence-corrected chi connectivity index (χ4v) is 4.73. The third-order valence-corrected chi connectivity index (χ3v) is 6.75. The molecule has 0 radical (unpaired) electrons. The van der Waals surface area contributed by atoms with Crippen molar-refractivity contribution in [3.63, 3.8) is 0 Å². The van der Waals surface area contributed by atoms with Gasteiger partial charge in [-0.2, -0.15) is 9.78 Å². The molecule has 6 aromatic rings. The average molecular weight is 603 g/mol. The van der Waals surface area contributed by atoms with Gasteiger partial charge in [-0.05, 0) is 72.3 Å². The Morgan fingerprint density at radius 1 is 1.03 bits per heavy atom. The minimum Gasteiger partial charge on any atom is -0.488 e. The minimum absolute atomic E-state index is 0.136. The van der Waals surface area contributed by atoms with Gasteiger partial charge in [0.1, 0.15) is 23.8 Å². The first-order valence-electron chi connectivity index (χ1n) is 11.9. The summed E-state index contributed by atoms with van der Waals surface area (Å²) < 4.78 is 27.7. The first-order valence-corrected chi connectivity index (χ1v) is 13.0. The molecule has 0 N–H and O–H groups in total. The lowest BCUT2D eigenvalue weighted by Gasteiger charge is -2.11. The Kier molecular flexibility index (Phi) is 6.72. The molecule has 0 fully saturated rings. The highest BCUT2D eigenvalue weighted by Gasteiger charge is 2.17. The Morgan fingerprint density at radius 3 is 2.77 bits per heavy atom. The van der Waals surface area contributed by atoms with Crippen LogP contribution >= 0.6 is 27.5 Å². The molecule has 0 atom stereocenters. The molecule has 4 aromatic carbocycles. The van der Waals surface area contributed by atoms with Crippen LogP contribution in [0.2, 0.25) is 5.02 Å². The Labute approximate surface area is 235 Å². The van der Waals surface area contributed by atoms with Crippen LogP contribution in [0.25, 0.3) is 33.5 Å². The predicted octanol–water partition coefficient (Wildman–Crippen LogP) is 7.83. The number of para-hydroxylation sites is 1. The second kappa shape index (κ2) is 10.5. The average Bonchev–Trinajstić information content (AvgIpc) is 3.35. The molecule has 0 saturated carbocycles. The van der Waals surface area contributed by atoms with Crippen LogP contribution in [0, 0.1) is 5.82 Å². The molecule has 0 aliphatic carbocycles. The van der Waals surface area contributed by atoms with Crippen LogP contribution in [-0.4, -0.2) is 15.9 Å². The van der Waals surface area contributed by atoms with Crippen LogP contribution in [0.15, 0.2) is 110 Å². The quantitative estimate of drug-likeness (QED) is 0.182. The monoisotopic (exact) mass is 601 g/mol. The molecule has 0 aliphatic heterocycles. The predicted molar refractivity (Wildman–Crippen MR) is 154 cm³/mol. The van der Waals surface area contributed by atoms with Crippen molar-refractivity contribution in [2.24, 2.45) is 5.10 Å². The minimum atomic E-state index is -0.363. The van der Waals surface area contributed by atoms with Crippen LogP contribution in [0.4, 0.5) is 4.39 Å². The zero-order valence-corrected chi connectivity index (χ0v) is 22.5. The Morgan fingerprint density at radius 2 is 1.90 bits per heavy atom. The molecule has 6 nitrogen and oxygen atoms in total. The fourth-order valence-electron chi connectivity index (χ4n) is 4.17. The maximum atomic E-state index is 13.6. The molecule has 192 valence electrons. The number of rotatable bonds is 6. The van der Waals surface area contributed by atoms with Crippen molar-refractivity contribution in [3.8, 4) is 17.3 Å². The van der Waals surface area contributed by atoms with E-state index in [4.69, 9.17) is 25.7 Å². The summed E-state index contributed by atoms with van der Waals surface area (Å²) in [6.07, 6.45) is 1.48. The van der Waals surface area contributed by atoms with Gasteiger partial charge in [0.15, 0.2) is 5.76 Å². The number of aromatic nitrogens is 2. The van der Waals surface area contributed by atoms with Crippen molar-refractivity contribution in [1.82, 2.24) is 9.66 Å². The van der Waals surface area contributed by atoms with E-state index in [0.717, 1.165) is 9.86 Å². The summed E-state index contributed by atoms with van der Waals surface area (Å²) in [5, 5.41) is 6.23. The summed E-state index contributed by atoms with van der Waals surface area (Å²) in [4.78, 5) is 18.3.